The SMILES string of the molecule is OC1CCC2N=C(C3CCC3)SC2C1. The van der Waals surface area contributed by atoms with E-state index in [0.717, 1.165) is 25.2 Å². The van der Waals surface area contributed by atoms with Crippen LogP contribution in [-0.4, -0.2) is 27.5 Å². The van der Waals surface area contributed by atoms with Crippen molar-refractivity contribution in [2.45, 2.75) is 55.9 Å². The molecule has 14 heavy (non-hydrogen) atoms. The van der Waals surface area contributed by atoms with Crippen LogP contribution in [0.4, 0.5) is 0 Å². The molecule has 3 rings (SSSR count). The van der Waals surface area contributed by atoms with Crippen LogP contribution in [0.3, 0.4) is 0 Å². The Bertz CT molecular complexity index is 262. The van der Waals surface area contributed by atoms with E-state index in [-0.39, 0.29) is 6.10 Å². The predicted molar refractivity (Wildman–Crippen MR) is 59.8 cm³/mol. The van der Waals surface area contributed by atoms with E-state index in [1.165, 1.54) is 24.3 Å². The van der Waals surface area contributed by atoms with E-state index in [4.69, 9.17) is 4.99 Å². The summed E-state index contributed by atoms with van der Waals surface area (Å²) in [5.74, 6) is 0.794. The van der Waals surface area contributed by atoms with Crippen molar-refractivity contribution >= 4 is 16.8 Å². The van der Waals surface area contributed by atoms with E-state index in [1.807, 2.05) is 11.8 Å². The second-order valence-electron chi connectivity index (χ2n) is 4.79. The van der Waals surface area contributed by atoms with Crippen LogP contribution >= 0.6 is 11.8 Å². The molecule has 0 spiro atoms. The van der Waals surface area contributed by atoms with Gasteiger partial charge in [-0.3, -0.25) is 4.99 Å². The van der Waals surface area contributed by atoms with Gasteiger partial charge < -0.3 is 5.11 Å². The first-order chi connectivity index (χ1) is 6.83. The van der Waals surface area contributed by atoms with Crippen LogP contribution in [0.5, 0.6) is 0 Å². The highest BCUT2D eigenvalue weighted by molar-refractivity contribution is 8.14. The van der Waals surface area contributed by atoms with Gasteiger partial charge in [-0.1, -0.05) is 6.42 Å². The Kier molecular flexibility index (Phi) is 2.32. The third-order valence-corrected chi connectivity index (χ3v) is 5.24. The first-order valence-electron chi connectivity index (χ1n) is 5.75. The Labute approximate surface area is 89.2 Å². The standard InChI is InChI=1S/C11H17NOS/c13-8-4-5-9-10(6-8)14-11(12-9)7-2-1-3-7/h7-10,13H,1-6H2. The summed E-state index contributed by atoms with van der Waals surface area (Å²) in [5.41, 5.74) is 0. The molecule has 0 saturated heterocycles. The molecule has 1 heterocycles. The number of rotatable bonds is 1. The van der Waals surface area contributed by atoms with Crippen LogP contribution in [0.15, 0.2) is 4.99 Å². The first-order valence-corrected chi connectivity index (χ1v) is 6.63. The van der Waals surface area contributed by atoms with Crippen molar-refractivity contribution in [3.05, 3.63) is 0 Å². The van der Waals surface area contributed by atoms with Crippen molar-refractivity contribution in [3.8, 4) is 0 Å². The molecule has 3 aliphatic rings. The van der Waals surface area contributed by atoms with Crippen LogP contribution < -0.4 is 0 Å². The number of thioether (sulfide) groups is 1. The van der Waals surface area contributed by atoms with E-state index in [1.54, 1.807) is 0 Å². The quantitative estimate of drug-likeness (QED) is 0.721. The molecule has 2 nitrogen and oxygen atoms in total. The summed E-state index contributed by atoms with van der Waals surface area (Å²) in [6.07, 6.45) is 7.08. The minimum Gasteiger partial charge on any atom is -0.393 e. The lowest BCUT2D eigenvalue weighted by Crippen LogP contribution is -2.30. The highest BCUT2D eigenvalue weighted by Crippen LogP contribution is 2.43. The Morgan fingerprint density at radius 2 is 2.07 bits per heavy atom. The van der Waals surface area contributed by atoms with Crippen molar-refractivity contribution in [3.63, 3.8) is 0 Å². The molecule has 2 aliphatic carbocycles. The second kappa shape index (κ2) is 3.53. The van der Waals surface area contributed by atoms with Crippen LogP contribution in [0.25, 0.3) is 0 Å². The van der Waals surface area contributed by atoms with Crippen LogP contribution in [-0.2, 0) is 0 Å². The molecule has 3 atom stereocenters. The molecule has 0 amide bonds. The second-order valence-corrected chi connectivity index (χ2v) is 6.05. The average Bonchev–Trinajstić information content (AvgIpc) is 2.43. The molecule has 0 radical (unpaired) electrons. The molecular formula is C11H17NOS. The topological polar surface area (TPSA) is 32.6 Å². The van der Waals surface area contributed by atoms with Crippen molar-refractivity contribution in [1.82, 2.24) is 0 Å². The molecular weight excluding hydrogens is 194 g/mol. The van der Waals surface area contributed by atoms with E-state index >= 15 is 0 Å². The Hall–Kier alpha value is -0.0200. The van der Waals surface area contributed by atoms with E-state index < -0.39 is 0 Å². The summed E-state index contributed by atoms with van der Waals surface area (Å²) in [6, 6.07) is 0.541. The smallest absolute Gasteiger partial charge is 0.0714 e. The van der Waals surface area contributed by atoms with Crippen LogP contribution in [0, 0.1) is 5.92 Å². The molecule has 3 unspecified atom stereocenters. The summed E-state index contributed by atoms with van der Waals surface area (Å²) in [7, 11) is 0. The summed E-state index contributed by atoms with van der Waals surface area (Å²) >= 11 is 1.97. The van der Waals surface area contributed by atoms with Gasteiger partial charge in [0.2, 0.25) is 0 Å². The highest BCUT2D eigenvalue weighted by Gasteiger charge is 2.38. The maximum atomic E-state index is 9.59. The lowest BCUT2D eigenvalue weighted by Gasteiger charge is -2.27. The van der Waals surface area contributed by atoms with Gasteiger partial charge in [-0.15, -0.1) is 11.8 Å². The summed E-state index contributed by atoms with van der Waals surface area (Å²) in [6.45, 7) is 0. The van der Waals surface area contributed by atoms with Gasteiger partial charge in [0.05, 0.1) is 17.2 Å². The summed E-state index contributed by atoms with van der Waals surface area (Å²) in [5, 5.41) is 11.6. The number of hydrogen-bond donors (Lipinski definition) is 1. The number of nitrogens with zero attached hydrogens (tertiary/aromatic N) is 1. The largest absolute Gasteiger partial charge is 0.393 e. The van der Waals surface area contributed by atoms with Crippen LogP contribution in [0.1, 0.15) is 38.5 Å². The van der Waals surface area contributed by atoms with Crippen molar-refractivity contribution in [1.29, 1.82) is 0 Å². The molecule has 0 bridgehead atoms. The monoisotopic (exact) mass is 211 g/mol. The average molecular weight is 211 g/mol. The van der Waals surface area contributed by atoms with E-state index in [0.29, 0.717) is 11.3 Å². The maximum Gasteiger partial charge on any atom is 0.0714 e. The minimum absolute atomic E-state index is 0.0558. The van der Waals surface area contributed by atoms with E-state index in [2.05, 4.69) is 0 Å². The van der Waals surface area contributed by atoms with Gasteiger partial charge in [-0.05, 0) is 32.1 Å². The zero-order chi connectivity index (χ0) is 9.54. The molecule has 0 aromatic heterocycles. The summed E-state index contributed by atoms with van der Waals surface area (Å²) < 4.78 is 0. The Morgan fingerprint density at radius 1 is 1.21 bits per heavy atom. The third kappa shape index (κ3) is 1.50. The van der Waals surface area contributed by atoms with Gasteiger partial charge in [-0.25, -0.2) is 0 Å². The van der Waals surface area contributed by atoms with E-state index in [9.17, 15) is 5.11 Å². The molecule has 2 fully saturated rings. The van der Waals surface area contributed by atoms with Crippen molar-refractivity contribution < 1.29 is 5.11 Å². The van der Waals surface area contributed by atoms with Crippen molar-refractivity contribution in [2.24, 2.45) is 10.9 Å². The van der Waals surface area contributed by atoms with Gasteiger partial charge >= 0.3 is 0 Å². The van der Waals surface area contributed by atoms with Gasteiger partial charge in [0.25, 0.3) is 0 Å². The number of fused-ring (bicyclic) bond motifs is 1. The highest BCUT2D eigenvalue weighted by atomic mass is 32.2. The first kappa shape index (κ1) is 9.22. The van der Waals surface area contributed by atoms with Gasteiger partial charge in [0.15, 0.2) is 0 Å². The normalized spacial score (nSPS) is 42.9. The third-order valence-electron chi connectivity index (χ3n) is 3.75. The molecule has 3 heteroatoms. The lowest BCUT2D eigenvalue weighted by atomic mass is 9.86. The summed E-state index contributed by atoms with van der Waals surface area (Å²) in [4.78, 5) is 4.84. The lowest BCUT2D eigenvalue weighted by molar-refractivity contribution is 0.127. The molecule has 0 aromatic rings. The predicted octanol–water partition coefficient (Wildman–Crippen LogP) is 2.21. The molecule has 1 aliphatic heterocycles. The Balaban J connectivity index is 1.68. The fourth-order valence-corrected chi connectivity index (χ4v) is 4.18. The van der Waals surface area contributed by atoms with Gasteiger partial charge in [0, 0.05) is 11.2 Å². The van der Waals surface area contributed by atoms with Gasteiger partial charge in [0.1, 0.15) is 0 Å². The number of hydrogen-bond acceptors (Lipinski definition) is 3. The van der Waals surface area contributed by atoms with Gasteiger partial charge in [-0.2, -0.15) is 0 Å². The molecule has 0 aromatic carbocycles. The number of aliphatic hydroxyl groups excluding tert-OH is 1. The molecule has 78 valence electrons. The van der Waals surface area contributed by atoms with Crippen LogP contribution in [0.2, 0.25) is 0 Å². The fourth-order valence-electron chi connectivity index (χ4n) is 2.57. The number of aliphatic hydroxyl groups is 1. The fraction of sp³-hybridized carbons (Fsp3) is 0.909. The maximum absolute atomic E-state index is 9.59. The van der Waals surface area contributed by atoms with Crippen molar-refractivity contribution in [2.75, 3.05) is 0 Å². The molecule has 1 N–H and O–H groups in total. The zero-order valence-electron chi connectivity index (χ0n) is 8.35. The Morgan fingerprint density at radius 3 is 2.79 bits per heavy atom. The zero-order valence-corrected chi connectivity index (χ0v) is 9.17. The minimum atomic E-state index is -0.0558. The molecule has 2 saturated carbocycles. The number of aliphatic imine (C=N–C) groups is 1.